The molecule has 1 heterocycles. The molecule has 2 aromatic rings. The van der Waals surface area contributed by atoms with E-state index in [0.29, 0.717) is 36.5 Å². The zero-order chi connectivity index (χ0) is 24.9. The number of nitrogens with zero attached hydrogens (tertiary/aromatic N) is 1. The number of anilines is 1. The summed E-state index contributed by atoms with van der Waals surface area (Å²) in [5.41, 5.74) is 5.71. The van der Waals surface area contributed by atoms with Crippen LogP contribution in [0.1, 0.15) is 38.4 Å². The molecular weight excluding hydrogens is 465 g/mol. The number of carbonyl (C=O) groups is 3. The number of rotatable bonds is 7. The van der Waals surface area contributed by atoms with Crippen LogP contribution in [0.4, 0.5) is 14.9 Å². The number of esters is 1. The van der Waals surface area contributed by atoms with E-state index in [9.17, 15) is 18.8 Å². The first kappa shape index (κ1) is 25.3. The zero-order valence-electron chi connectivity index (χ0n) is 19.0. The van der Waals surface area contributed by atoms with Crippen molar-refractivity contribution in [2.24, 2.45) is 11.1 Å². The maximum absolute atomic E-state index is 13.4. The number of halogens is 2. The average Bonchev–Trinajstić information content (AvgIpc) is 2.77. The lowest BCUT2D eigenvalue weighted by atomic mass is 9.73. The van der Waals surface area contributed by atoms with E-state index in [1.165, 1.54) is 25.1 Å². The van der Waals surface area contributed by atoms with E-state index >= 15 is 0 Å². The van der Waals surface area contributed by atoms with Crippen LogP contribution in [0, 0.1) is 11.2 Å². The van der Waals surface area contributed by atoms with Gasteiger partial charge in [-0.2, -0.15) is 0 Å². The highest BCUT2D eigenvalue weighted by atomic mass is 35.5. The minimum Gasteiger partial charge on any atom is -0.482 e. The van der Waals surface area contributed by atoms with Crippen LogP contribution in [0.2, 0.25) is 5.02 Å². The molecule has 0 aromatic heterocycles. The van der Waals surface area contributed by atoms with Crippen LogP contribution in [-0.4, -0.2) is 42.5 Å². The van der Waals surface area contributed by atoms with Gasteiger partial charge in [-0.1, -0.05) is 30.7 Å². The predicted molar refractivity (Wildman–Crippen MR) is 125 cm³/mol. The quantitative estimate of drug-likeness (QED) is 0.561. The van der Waals surface area contributed by atoms with Gasteiger partial charge in [-0.3, -0.25) is 9.59 Å². The van der Waals surface area contributed by atoms with Gasteiger partial charge in [-0.05, 0) is 48.7 Å². The smallest absolute Gasteiger partial charge is 0.316 e. The largest absolute Gasteiger partial charge is 0.482 e. The summed E-state index contributed by atoms with van der Waals surface area (Å²) in [6.07, 6.45) is 0.586. The lowest BCUT2D eigenvalue weighted by Crippen LogP contribution is -2.46. The van der Waals surface area contributed by atoms with Crippen LogP contribution in [-0.2, 0) is 14.3 Å². The Hall–Kier alpha value is -3.33. The molecule has 0 saturated carbocycles. The Morgan fingerprint density at radius 3 is 2.41 bits per heavy atom. The Kier molecular flexibility index (Phi) is 7.98. The van der Waals surface area contributed by atoms with Crippen molar-refractivity contribution in [1.29, 1.82) is 0 Å². The standard InChI is InChI=1S/C24H27ClFN3O5/c1-15(30)34-22(16-3-6-18(26)7-4-16)24(2)9-11-29(12-10-24)21(31)14-33-20-8-5-17(25)13-19(20)28-23(27)32/h3-8,13,22H,9-12,14H2,1-2H3,(H3,27,28,32). The number of ether oxygens (including phenoxy) is 2. The summed E-state index contributed by atoms with van der Waals surface area (Å²) >= 11 is 5.95. The van der Waals surface area contributed by atoms with Gasteiger partial charge in [0.05, 0.1) is 5.69 Å². The van der Waals surface area contributed by atoms with Gasteiger partial charge in [-0.15, -0.1) is 0 Å². The minimum atomic E-state index is -0.780. The molecule has 8 nitrogen and oxygen atoms in total. The second kappa shape index (κ2) is 10.7. The minimum absolute atomic E-state index is 0.229. The Morgan fingerprint density at radius 1 is 1.18 bits per heavy atom. The van der Waals surface area contributed by atoms with E-state index in [4.69, 9.17) is 26.8 Å². The Morgan fingerprint density at radius 2 is 1.82 bits per heavy atom. The molecule has 1 fully saturated rings. The van der Waals surface area contributed by atoms with E-state index in [-0.39, 0.29) is 29.8 Å². The van der Waals surface area contributed by atoms with Gasteiger partial charge in [0.15, 0.2) is 6.61 Å². The van der Waals surface area contributed by atoms with E-state index < -0.39 is 23.5 Å². The molecule has 34 heavy (non-hydrogen) atoms. The SMILES string of the molecule is CC(=O)OC(c1ccc(F)cc1)C1(C)CCN(C(=O)COc2ccc(Cl)cc2NC(N)=O)CC1. The number of primary amides is 1. The fraction of sp³-hybridized carbons (Fsp3) is 0.375. The van der Waals surface area contributed by atoms with Crippen molar-refractivity contribution in [3.05, 3.63) is 58.9 Å². The lowest BCUT2D eigenvalue weighted by Gasteiger charge is -2.43. The highest BCUT2D eigenvalue weighted by molar-refractivity contribution is 6.31. The molecule has 1 unspecified atom stereocenters. The second-order valence-corrected chi connectivity index (χ2v) is 8.93. The number of urea groups is 1. The van der Waals surface area contributed by atoms with Gasteiger partial charge >= 0.3 is 12.0 Å². The molecule has 0 spiro atoms. The van der Waals surface area contributed by atoms with Gasteiger partial charge in [0.25, 0.3) is 5.91 Å². The molecule has 2 aromatic carbocycles. The zero-order valence-corrected chi connectivity index (χ0v) is 19.7. The number of hydrogen-bond acceptors (Lipinski definition) is 5. The summed E-state index contributed by atoms with van der Waals surface area (Å²) in [6.45, 7) is 3.97. The maximum atomic E-state index is 13.4. The van der Waals surface area contributed by atoms with Crippen LogP contribution >= 0.6 is 11.6 Å². The molecule has 3 N–H and O–H groups in total. The summed E-state index contributed by atoms with van der Waals surface area (Å²) in [5.74, 6) is -0.756. The van der Waals surface area contributed by atoms with E-state index in [0.717, 1.165) is 0 Å². The number of nitrogens with one attached hydrogen (secondary N) is 1. The third-order valence-corrected chi connectivity index (χ3v) is 6.13. The summed E-state index contributed by atoms with van der Waals surface area (Å²) in [6, 6.07) is 9.71. The van der Waals surface area contributed by atoms with Gasteiger partial charge < -0.3 is 25.4 Å². The Bertz CT molecular complexity index is 1060. The summed E-state index contributed by atoms with van der Waals surface area (Å²) < 4.78 is 24.6. The van der Waals surface area contributed by atoms with Crippen molar-refractivity contribution < 1.29 is 28.2 Å². The summed E-state index contributed by atoms with van der Waals surface area (Å²) in [5, 5.41) is 2.79. The fourth-order valence-corrected chi connectivity index (χ4v) is 4.21. The van der Waals surface area contributed by atoms with Crippen molar-refractivity contribution in [3.8, 4) is 5.75 Å². The monoisotopic (exact) mass is 491 g/mol. The number of piperidine rings is 1. The van der Waals surface area contributed by atoms with Crippen molar-refractivity contribution in [2.45, 2.75) is 32.8 Å². The van der Waals surface area contributed by atoms with Crippen molar-refractivity contribution >= 4 is 35.2 Å². The fourth-order valence-electron chi connectivity index (χ4n) is 4.03. The van der Waals surface area contributed by atoms with Crippen molar-refractivity contribution in [2.75, 3.05) is 25.0 Å². The van der Waals surface area contributed by atoms with Crippen LogP contribution in [0.25, 0.3) is 0 Å². The molecule has 10 heteroatoms. The van der Waals surface area contributed by atoms with Gasteiger partial charge in [0.1, 0.15) is 17.7 Å². The Balaban J connectivity index is 1.64. The van der Waals surface area contributed by atoms with Crippen LogP contribution < -0.4 is 15.8 Å². The molecule has 0 bridgehead atoms. The van der Waals surface area contributed by atoms with E-state index in [1.807, 2.05) is 6.92 Å². The van der Waals surface area contributed by atoms with Gasteiger partial charge in [0.2, 0.25) is 0 Å². The molecule has 3 rings (SSSR count). The third-order valence-electron chi connectivity index (χ3n) is 5.90. The summed E-state index contributed by atoms with van der Waals surface area (Å²) in [4.78, 5) is 37.4. The summed E-state index contributed by atoms with van der Waals surface area (Å²) in [7, 11) is 0. The predicted octanol–water partition coefficient (Wildman–Crippen LogP) is 4.28. The number of nitrogens with two attached hydrogens (primary N) is 1. The van der Waals surface area contributed by atoms with E-state index in [1.54, 1.807) is 29.2 Å². The first-order chi connectivity index (χ1) is 16.1. The molecule has 1 saturated heterocycles. The van der Waals surface area contributed by atoms with Crippen LogP contribution in [0.5, 0.6) is 5.75 Å². The van der Waals surface area contributed by atoms with Gasteiger partial charge in [-0.25, -0.2) is 9.18 Å². The normalized spacial score (nSPS) is 15.8. The molecular formula is C24H27ClFN3O5. The molecule has 0 radical (unpaired) electrons. The molecule has 0 aliphatic carbocycles. The number of benzene rings is 2. The highest BCUT2D eigenvalue weighted by Gasteiger charge is 2.41. The second-order valence-electron chi connectivity index (χ2n) is 8.49. The van der Waals surface area contributed by atoms with E-state index in [2.05, 4.69) is 5.32 Å². The molecule has 1 atom stereocenters. The third kappa shape index (κ3) is 6.38. The number of likely N-dealkylation sites (tertiary alicyclic amines) is 1. The van der Waals surface area contributed by atoms with Gasteiger partial charge in [0, 0.05) is 30.5 Å². The number of hydrogen-bond donors (Lipinski definition) is 2. The van der Waals surface area contributed by atoms with Crippen molar-refractivity contribution in [1.82, 2.24) is 4.90 Å². The number of amides is 3. The first-order valence-corrected chi connectivity index (χ1v) is 11.1. The Labute approximate surface area is 202 Å². The first-order valence-electron chi connectivity index (χ1n) is 10.8. The molecule has 1 aliphatic rings. The average molecular weight is 492 g/mol. The lowest BCUT2D eigenvalue weighted by molar-refractivity contribution is -0.158. The molecule has 182 valence electrons. The van der Waals surface area contributed by atoms with Crippen LogP contribution in [0.15, 0.2) is 42.5 Å². The maximum Gasteiger partial charge on any atom is 0.316 e. The highest BCUT2D eigenvalue weighted by Crippen LogP contribution is 2.45. The number of carbonyl (C=O) groups excluding carboxylic acids is 3. The molecule has 3 amide bonds. The van der Waals surface area contributed by atoms with Crippen molar-refractivity contribution in [3.63, 3.8) is 0 Å². The molecule has 1 aliphatic heterocycles. The van der Waals surface area contributed by atoms with Crippen LogP contribution in [0.3, 0.4) is 0 Å². The topological polar surface area (TPSA) is 111 Å².